The van der Waals surface area contributed by atoms with Gasteiger partial charge in [-0.1, -0.05) is 57.9 Å². The van der Waals surface area contributed by atoms with E-state index in [1.807, 2.05) is 56.3 Å². The summed E-state index contributed by atoms with van der Waals surface area (Å²) in [5, 5.41) is 2.85. The van der Waals surface area contributed by atoms with Crippen molar-refractivity contribution in [3.05, 3.63) is 69.2 Å². The van der Waals surface area contributed by atoms with Gasteiger partial charge in [-0.05, 0) is 38.0 Å². The molecule has 2 aromatic rings. The van der Waals surface area contributed by atoms with Gasteiger partial charge in [0.25, 0.3) is 5.91 Å². The Bertz CT molecular complexity index is 834. The average Bonchev–Trinajstić information content (AvgIpc) is 2.75. The van der Waals surface area contributed by atoms with E-state index in [0.29, 0.717) is 0 Å². The van der Waals surface area contributed by atoms with Gasteiger partial charge < -0.3 is 5.32 Å². The zero-order chi connectivity index (χ0) is 17.5. The summed E-state index contributed by atoms with van der Waals surface area (Å²) in [6.45, 7) is 6.01. The first-order valence-electron chi connectivity index (χ1n) is 7.78. The van der Waals surface area contributed by atoms with Crippen LogP contribution in [0.3, 0.4) is 0 Å². The topological polar surface area (TPSA) is 49.4 Å². The van der Waals surface area contributed by atoms with Crippen molar-refractivity contribution >= 4 is 27.9 Å². The number of carbonyl (C=O) groups is 2. The van der Waals surface area contributed by atoms with Gasteiger partial charge in [0.2, 0.25) is 0 Å². The fourth-order valence-electron chi connectivity index (χ4n) is 3.03. The molecule has 1 unspecified atom stereocenters. The van der Waals surface area contributed by atoms with Crippen LogP contribution in [-0.4, -0.2) is 16.8 Å². The van der Waals surface area contributed by atoms with Gasteiger partial charge in [0.1, 0.15) is 5.54 Å². The standard InChI is InChI=1S/C19H19BrN2O2/c1-12-8-9-13(2)14(10-12)11-22-17(23)19(3,21-18(22)24)15-6-4-5-7-16(15)20/h4-10H,11H2,1-3H3,(H,21,24). The Hall–Kier alpha value is -2.14. The van der Waals surface area contributed by atoms with Crippen molar-refractivity contribution in [3.63, 3.8) is 0 Å². The number of hydrogen-bond acceptors (Lipinski definition) is 2. The molecule has 0 radical (unpaired) electrons. The van der Waals surface area contributed by atoms with Crippen LogP contribution in [0, 0.1) is 13.8 Å². The van der Waals surface area contributed by atoms with Crippen molar-refractivity contribution in [2.24, 2.45) is 0 Å². The fourth-order valence-corrected chi connectivity index (χ4v) is 3.71. The number of imide groups is 1. The second-order valence-corrected chi connectivity index (χ2v) is 7.21. The Labute approximate surface area is 150 Å². The van der Waals surface area contributed by atoms with Crippen LogP contribution >= 0.6 is 15.9 Å². The third kappa shape index (κ3) is 2.73. The Kier molecular flexibility index (Phi) is 4.22. The normalized spacial score (nSPS) is 20.4. The fraction of sp³-hybridized carbons (Fsp3) is 0.263. The molecule has 1 fully saturated rings. The highest BCUT2D eigenvalue weighted by Gasteiger charge is 2.49. The highest BCUT2D eigenvalue weighted by atomic mass is 79.9. The van der Waals surface area contributed by atoms with E-state index in [-0.39, 0.29) is 18.5 Å². The summed E-state index contributed by atoms with van der Waals surface area (Å²) < 4.78 is 0.801. The molecule has 0 bridgehead atoms. The van der Waals surface area contributed by atoms with Crippen molar-refractivity contribution in [3.8, 4) is 0 Å². The number of aryl methyl sites for hydroxylation is 2. The molecule has 124 valence electrons. The molecule has 0 spiro atoms. The first-order valence-corrected chi connectivity index (χ1v) is 8.57. The minimum absolute atomic E-state index is 0.236. The highest BCUT2D eigenvalue weighted by molar-refractivity contribution is 9.10. The number of hydrogen-bond donors (Lipinski definition) is 1. The van der Waals surface area contributed by atoms with Gasteiger partial charge in [-0.2, -0.15) is 0 Å². The smallest absolute Gasteiger partial charge is 0.319 e. The van der Waals surface area contributed by atoms with Crippen LogP contribution < -0.4 is 5.32 Å². The lowest BCUT2D eigenvalue weighted by atomic mass is 9.92. The van der Waals surface area contributed by atoms with Crippen LogP contribution in [-0.2, 0) is 16.9 Å². The molecule has 3 rings (SSSR count). The molecule has 3 amide bonds. The minimum atomic E-state index is -1.06. The number of benzene rings is 2. The predicted octanol–water partition coefficient (Wildman–Crippen LogP) is 4.03. The van der Waals surface area contributed by atoms with Crippen molar-refractivity contribution in [1.82, 2.24) is 10.2 Å². The molecule has 1 atom stereocenters. The van der Waals surface area contributed by atoms with Gasteiger partial charge in [0.15, 0.2) is 0 Å². The molecule has 1 saturated heterocycles. The van der Waals surface area contributed by atoms with Crippen molar-refractivity contribution in [1.29, 1.82) is 0 Å². The maximum Gasteiger partial charge on any atom is 0.325 e. The summed E-state index contributed by atoms with van der Waals surface area (Å²) in [7, 11) is 0. The molecule has 0 saturated carbocycles. The second kappa shape index (κ2) is 6.06. The summed E-state index contributed by atoms with van der Waals surface area (Å²) in [6, 6.07) is 13.1. The molecule has 4 nitrogen and oxygen atoms in total. The second-order valence-electron chi connectivity index (χ2n) is 6.36. The zero-order valence-electron chi connectivity index (χ0n) is 13.9. The van der Waals surface area contributed by atoms with Gasteiger partial charge >= 0.3 is 6.03 Å². The number of nitrogens with zero attached hydrogens (tertiary/aromatic N) is 1. The van der Waals surface area contributed by atoms with Crippen molar-refractivity contribution in [2.45, 2.75) is 32.9 Å². The third-order valence-electron chi connectivity index (χ3n) is 4.52. The van der Waals surface area contributed by atoms with Gasteiger partial charge in [-0.25, -0.2) is 4.79 Å². The van der Waals surface area contributed by atoms with E-state index in [4.69, 9.17) is 0 Å². The maximum absolute atomic E-state index is 13.0. The third-order valence-corrected chi connectivity index (χ3v) is 5.21. The lowest BCUT2D eigenvalue weighted by molar-refractivity contribution is -0.131. The summed E-state index contributed by atoms with van der Waals surface area (Å²) >= 11 is 3.47. The predicted molar refractivity (Wildman–Crippen MR) is 96.5 cm³/mol. The molecule has 1 heterocycles. The Morgan fingerprint density at radius 3 is 2.54 bits per heavy atom. The van der Waals surface area contributed by atoms with E-state index in [1.54, 1.807) is 6.92 Å². The quantitative estimate of drug-likeness (QED) is 0.809. The van der Waals surface area contributed by atoms with Gasteiger partial charge in [0.05, 0.1) is 6.54 Å². The first-order chi connectivity index (χ1) is 11.3. The van der Waals surface area contributed by atoms with Crippen LogP contribution in [0.2, 0.25) is 0 Å². The molecule has 0 aliphatic carbocycles. The number of amides is 3. The van der Waals surface area contributed by atoms with Crippen LogP contribution in [0.4, 0.5) is 4.79 Å². The number of carbonyl (C=O) groups excluding carboxylic acids is 2. The Morgan fingerprint density at radius 1 is 1.12 bits per heavy atom. The molecule has 1 aliphatic rings. The van der Waals surface area contributed by atoms with Gasteiger partial charge in [-0.15, -0.1) is 0 Å². The molecule has 24 heavy (non-hydrogen) atoms. The van der Waals surface area contributed by atoms with E-state index >= 15 is 0 Å². The Morgan fingerprint density at radius 2 is 1.83 bits per heavy atom. The number of rotatable bonds is 3. The molecule has 5 heteroatoms. The number of halogens is 1. The first kappa shape index (κ1) is 16.7. The minimum Gasteiger partial charge on any atom is -0.319 e. The Balaban J connectivity index is 1.95. The van der Waals surface area contributed by atoms with Crippen LogP contribution in [0.25, 0.3) is 0 Å². The maximum atomic E-state index is 13.0. The van der Waals surface area contributed by atoms with Crippen LogP contribution in [0.1, 0.15) is 29.2 Å². The van der Waals surface area contributed by atoms with E-state index < -0.39 is 5.54 Å². The molecule has 1 aliphatic heterocycles. The number of urea groups is 1. The van der Waals surface area contributed by atoms with E-state index in [9.17, 15) is 9.59 Å². The lowest BCUT2D eigenvalue weighted by Crippen LogP contribution is -2.41. The number of nitrogens with one attached hydrogen (secondary N) is 1. The van der Waals surface area contributed by atoms with E-state index in [2.05, 4.69) is 21.2 Å². The summed E-state index contributed by atoms with van der Waals surface area (Å²) in [4.78, 5) is 26.8. The average molecular weight is 387 g/mol. The lowest BCUT2D eigenvalue weighted by Gasteiger charge is -2.23. The van der Waals surface area contributed by atoms with Crippen LogP contribution in [0.5, 0.6) is 0 Å². The molecular weight excluding hydrogens is 368 g/mol. The SMILES string of the molecule is Cc1ccc(C)c(CN2C(=O)NC(C)(c3ccccc3Br)C2=O)c1. The largest absolute Gasteiger partial charge is 0.325 e. The van der Waals surface area contributed by atoms with Crippen molar-refractivity contribution < 1.29 is 9.59 Å². The summed E-state index contributed by atoms with van der Waals surface area (Å²) in [5.74, 6) is -0.236. The van der Waals surface area contributed by atoms with E-state index in [0.717, 1.165) is 26.7 Å². The van der Waals surface area contributed by atoms with Gasteiger partial charge in [0, 0.05) is 10.0 Å². The van der Waals surface area contributed by atoms with Crippen LogP contribution in [0.15, 0.2) is 46.9 Å². The summed E-state index contributed by atoms with van der Waals surface area (Å²) in [5.41, 5.74) is 2.85. The molecular formula is C19H19BrN2O2. The molecule has 1 N–H and O–H groups in total. The highest BCUT2D eigenvalue weighted by Crippen LogP contribution is 2.34. The monoisotopic (exact) mass is 386 g/mol. The van der Waals surface area contributed by atoms with Gasteiger partial charge in [-0.3, -0.25) is 9.69 Å². The molecule has 2 aromatic carbocycles. The molecule has 0 aromatic heterocycles. The van der Waals surface area contributed by atoms with E-state index in [1.165, 1.54) is 4.90 Å². The summed E-state index contributed by atoms with van der Waals surface area (Å²) in [6.07, 6.45) is 0. The zero-order valence-corrected chi connectivity index (χ0v) is 15.5. The van der Waals surface area contributed by atoms with Crippen molar-refractivity contribution in [2.75, 3.05) is 0 Å².